The Morgan fingerprint density at radius 1 is 1.40 bits per heavy atom. The molecule has 4 heteroatoms. The first-order valence-corrected chi connectivity index (χ1v) is 7.84. The number of aryl methyl sites for hydroxylation is 1. The molecule has 4 nitrogen and oxygen atoms in total. The summed E-state index contributed by atoms with van der Waals surface area (Å²) in [7, 11) is 0. The Labute approximate surface area is 122 Å². The summed E-state index contributed by atoms with van der Waals surface area (Å²) in [4.78, 5) is 2.39. The van der Waals surface area contributed by atoms with Crippen LogP contribution in [0.25, 0.3) is 0 Å². The van der Waals surface area contributed by atoms with E-state index in [1.165, 1.54) is 18.4 Å². The van der Waals surface area contributed by atoms with E-state index in [1.54, 1.807) is 0 Å². The van der Waals surface area contributed by atoms with E-state index in [-0.39, 0.29) is 0 Å². The monoisotopic (exact) mass is 280 g/mol. The number of rotatable bonds is 10. The van der Waals surface area contributed by atoms with Gasteiger partial charge in [0.1, 0.15) is 11.5 Å². The molecule has 1 aromatic rings. The number of nitrogens with zero attached hydrogens (tertiary/aromatic N) is 1. The van der Waals surface area contributed by atoms with Crippen LogP contribution >= 0.6 is 0 Å². The maximum absolute atomic E-state index is 5.84. The van der Waals surface area contributed by atoms with Gasteiger partial charge in [0.2, 0.25) is 0 Å². The first kappa shape index (κ1) is 15.5. The van der Waals surface area contributed by atoms with E-state index in [2.05, 4.69) is 30.1 Å². The maximum Gasteiger partial charge on any atom is 0.118 e. The lowest BCUT2D eigenvalue weighted by Crippen LogP contribution is -2.27. The van der Waals surface area contributed by atoms with E-state index in [0.717, 1.165) is 57.0 Å². The van der Waals surface area contributed by atoms with Crippen molar-refractivity contribution in [2.24, 2.45) is 0 Å². The Kier molecular flexibility index (Phi) is 6.07. The predicted octanol–water partition coefficient (Wildman–Crippen LogP) is 2.70. The normalized spacial score (nSPS) is 15.2. The van der Waals surface area contributed by atoms with Crippen molar-refractivity contribution in [1.82, 2.24) is 10.2 Å². The van der Waals surface area contributed by atoms with Gasteiger partial charge >= 0.3 is 0 Å². The average molecular weight is 280 g/mol. The van der Waals surface area contributed by atoms with Gasteiger partial charge in [-0.05, 0) is 39.3 Å². The van der Waals surface area contributed by atoms with Crippen molar-refractivity contribution in [2.75, 3.05) is 26.3 Å². The van der Waals surface area contributed by atoms with Crippen LogP contribution in [-0.2, 0) is 17.8 Å². The quantitative estimate of drug-likeness (QED) is 0.669. The van der Waals surface area contributed by atoms with Crippen molar-refractivity contribution in [2.45, 2.75) is 52.7 Å². The Bertz CT molecular complexity index is 399. The third kappa shape index (κ3) is 4.93. The summed E-state index contributed by atoms with van der Waals surface area (Å²) in [6, 6.07) is 2.93. The molecule has 0 radical (unpaired) electrons. The van der Waals surface area contributed by atoms with Crippen LogP contribution in [0, 0.1) is 6.92 Å². The van der Waals surface area contributed by atoms with Crippen LogP contribution in [0.1, 0.15) is 43.8 Å². The van der Waals surface area contributed by atoms with Crippen molar-refractivity contribution in [1.29, 1.82) is 0 Å². The summed E-state index contributed by atoms with van der Waals surface area (Å²) < 4.78 is 11.3. The van der Waals surface area contributed by atoms with Crippen LogP contribution in [0.4, 0.5) is 0 Å². The summed E-state index contributed by atoms with van der Waals surface area (Å²) in [6.45, 7) is 11.7. The van der Waals surface area contributed by atoms with Crippen LogP contribution in [0.5, 0.6) is 0 Å². The number of hydrogen-bond donors (Lipinski definition) is 1. The van der Waals surface area contributed by atoms with Crippen molar-refractivity contribution >= 4 is 0 Å². The van der Waals surface area contributed by atoms with E-state index >= 15 is 0 Å². The lowest BCUT2D eigenvalue weighted by atomic mass is 10.2. The number of ether oxygens (including phenoxy) is 1. The predicted molar refractivity (Wildman–Crippen MR) is 80.8 cm³/mol. The molecule has 1 fully saturated rings. The largest absolute Gasteiger partial charge is 0.465 e. The summed E-state index contributed by atoms with van der Waals surface area (Å²) in [5.74, 6) is 2.11. The lowest BCUT2D eigenvalue weighted by molar-refractivity contribution is 0.112. The van der Waals surface area contributed by atoms with Gasteiger partial charge in [-0.25, -0.2) is 0 Å². The molecule has 0 bridgehead atoms. The highest BCUT2D eigenvalue weighted by Crippen LogP contribution is 2.21. The summed E-state index contributed by atoms with van der Waals surface area (Å²) in [5, 5.41) is 3.50. The van der Waals surface area contributed by atoms with E-state index in [0.29, 0.717) is 0 Å². The molecule has 2 rings (SSSR count). The Morgan fingerprint density at radius 3 is 2.85 bits per heavy atom. The standard InChI is InChI=1S/C16H28N2O2/c1-4-18(8-9-19-5-2)12-14-10-16(20-13(14)3)11-17-15-6-7-15/h10,15,17H,4-9,11-12H2,1-3H3. The Morgan fingerprint density at radius 2 is 2.20 bits per heavy atom. The minimum absolute atomic E-state index is 0.724. The van der Waals surface area contributed by atoms with E-state index < -0.39 is 0 Å². The highest BCUT2D eigenvalue weighted by atomic mass is 16.5. The second-order valence-corrected chi connectivity index (χ2v) is 5.52. The second-order valence-electron chi connectivity index (χ2n) is 5.52. The van der Waals surface area contributed by atoms with E-state index in [1.807, 2.05) is 6.92 Å². The third-order valence-electron chi connectivity index (χ3n) is 3.81. The molecule has 1 aliphatic carbocycles. The van der Waals surface area contributed by atoms with Gasteiger partial charge in [-0.3, -0.25) is 4.90 Å². The van der Waals surface area contributed by atoms with Gasteiger partial charge in [-0.2, -0.15) is 0 Å². The van der Waals surface area contributed by atoms with Crippen LogP contribution in [0.15, 0.2) is 10.5 Å². The Hall–Kier alpha value is -0.840. The van der Waals surface area contributed by atoms with E-state index in [4.69, 9.17) is 9.15 Å². The maximum atomic E-state index is 5.84. The summed E-state index contributed by atoms with van der Waals surface area (Å²) in [6.07, 6.45) is 2.63. The molecule has 114 valence electrons. The lowest BCUT2D eigenvalue weighted by Gasteiger charge is -2.19. The molecule has 1 saturated carbocycles. The minimum Gasteiger partial charge on any atom is -0.465 e. The number of hydrogen-bond acceptors (Lipinski definition) is 4. The zero-order valence-electron chi connectivity index (χ0n) is 13.1. The number of furan rings is 1. The molecule has 0 amide bonds. The third-order valence-corrected chi connectivity index (χ3v) is 3.81. The summed E-state index contributed by atoms with van der Waals surface area (Å²) in [5.41, 5.74) is 1.30. The molecule has 1 heterocycles. The van der Waals surface area contributed by atoms with Crippen molar-refractivity contribution in [3.05, 3.63) is 23.2 Å². The minimum atomic E-state index is 0.724. The zero-order valence-corrected chi connectivity index (χ0v) is 13.1. The van der Waals surface area contributed by atoms with Crippen LogP contribution in [0.2, 0.25) is 0 Å². The van der Waals surface area contributed by atoms with Crippen molar-refractivity contribution in [3.63, 3.8) is 0 Å². The molecule has 0 saturated heterocycles. The fraction of sp³-hybridized carbons (Fsp3) is 0.750. The van der Waals surface area contributed by atoms with Crippen LogP contribution in [0.3, 0.4) is 0 Å². The van der Waals surface area contributed by atoms with Gasteiger partial charge in [0.25, 0.3) is 0 Å². The molecule has 0 unspecified atom stereocenters. The van der Waals surface area contributed by atoms with Crippen molar-refractivity contribution in [3.8, 4) is 0 Å². The van der Waals surface area contributed by atoms with Gasteiger partial charge < -0.3 is 14.5 Å². The average Bonchev–Trinajstić information content (AvgIpc) is 3.20. The molecule has 1 aliphatic rings. The van der Waals surface area contributed by atoms with Crippen molar-refractivity contribution < 1.29 is 9.15 Å². The molecule has 0 aliphatic heterocycles. The molecular formula is C16H28N2O2. The molecule has 0 atom stereocenters. The first-order chi connectivity index (χ1) is 9.72. The first-order valence-electron chi connectivity index (χ1n) is 7.84. The van der Waals surface area contributed by atoms with Gasteiger partial charge in [0.15, 0.2) is 0 Å². The van der Waals surface area contributed by atoms with Gasteiger partial charge in [0.05, 0.1) is 13.2 Å². The second kappa shape index (κ2) is 7.81. The highest BCUT2D eigenvalue weighted by molar-refractivity contribution is 5.20. The summed E-state index contributed by atoms with van der Waals surface area (Å²) >= 11 is 0. The zero-order chi connectivity index (χ0) is 14.4. The fourth-order valence-electron chi connectivity index (χ4n) is 2.29. The molecule has 1 N–H and O–H groups in total. The molecule has 20 heavy (non-hydrogen) atoms. The highest BCUT2D eigenvalue weighted by Gasteiger charge is 2.21. The topological polar surface area (TPSA) is 37.6 Å². The molecule has 1 aromatic heterocycles. The molecule has 0 spiro atoms. The van der Waals surface area contributed by atoms with Gasteiger partial charge in [-0.15, -0.1) is 0 Å². The van der Waals surface area contributed by atoms with E-state index in [9.17, 15) is 0 Å². The van der Waals surface area contributed by atoms with Gasteiger partial charge in [0, 0.05) is 31.3 Å². The smallest absolute Gasteiger partial charge is 0.118 e. The number of nitrogens with one attached hydrogen (secondary N) is 1. The molecule has 0 aromatic carbocycles. The van der Waals surface area contributed by atoms with Gasteiger partial charge in [-0.1, -0.05) is 6.92 Å². The Balaban J connectivity index is 1.82. The van der Waals surface area contributed by atoms with Crippen LogP contribution in [-0.4, -0.2) is 37.2 Å². The fourth-order valence-corrected chi connectivity index (χ4v) is 2.29. The number of likely N-dealkylation sites (N-methyl/N-ethyl adjacent to an activating group) is 1. The SMILES string of the molecule is CCOCCN(CC)Cc1cc(CNC2CC2)oc1C. The molecular weight excluding hydrogens is 252 g/mol. The van der Waals surface area contributed by atoms with Crippen LogP contribution < -0.4 is 5.32 Å².